The fourth-order valence-electron chi connectivity index (χ4n) is 6.23. The molecule has 0 saturated heterocycles. The number of aryl methyl sites for hydroxylation is 1. The van der Waals surface area contributed by atoms with E-state index in [0.717, 1.165) is 23.1 Å². The summed E-state index contributed by atoms with van der Waals surface area (Å²) in [7, 11) is 0. The average molecular weight is 345 g/mol. The maximum atomic E-state index is 13.9. The zero-order valence-electron chi connectivity index (χ0n) is 16.9. The summed E-state index contributed by atoms with van der Waals surface area (Å²) in [4.78, 5) is 13.9. The highest BCUT2D eigenvalue weighted by Crippen LogP contribution is 2.52. The Labute approximate surface area is 154 Å². The van der Waals surface area contributed by atoms with E-state index in [2.05, 4.69) is 77.3 Å². The number of hydrogen-bond donors (Lipinski definition) is 0. The summed E-state index contributed by atoms with van der Waals surface area (Å²) in [5.74, 6) is 0. The topological polar surface area (TPSA) is 21.5 Å². The summed E-state index contributed by atoms with van der Waals surface area (Å²) in [5.41, 5.74) is 6.89. The zero-order chi connectivity index (χ0) is 18.8. The van der Waals surface area contributed by atoms with Crippen LogP contribution >= 0.6 is 0 Å². The first kappa shape index (κ1) is 16.1. The van der Waals surface area contributed by atoms with Crippen molar-refractivity contribution in [3.05, 3.63) is 62.6 Å². The predicted molar refractivity (Wildman–Crippen MR) is 109 cm³/mol. The van der Waals surface area contributed by atoms with Crippen molar-refractivity contribution < 1.29 is 0 Å². The lowest BCUT2D eigenvalue weighted by atomic mass is 9.78. The van der Waals surface area contributed by atoms with Crippen LogP contribution in [0.5, 0.6) is 0 Å². The third kappa shape index (κ3) is 1.62. The van der Waals surface area contributed by atoms with E-state index in [1.54, 1.807) is 0 Å². The summed E-state index contributed by atoms with van der Waals surface area (Å²) in [6.45, 7) is 15.6. The summed E-state index contributed by atoms with van der Waals surface area (Å²) < 4.78 is 2.36. The minimum Gasteiger partial charge on any atom is -0.319 e. The standard InChI is InChI=1S/C24H27NO/c1-13-10-14-8-9-25-19-16(14)15(11-13)24(6,7)17(19)20(26)18-21(25)23(4,5)12-22(18,2)3/h8-11H,12H2,1-7H3. The van der Waals surface area contributed by atoms with Gasteiger partial charge in [-0.15, -0.1) is 0 Å². The molecule has 0 fully saturated rings. The molecule has 0 unspecified atom stereocenters. The van der Waals surface area contributed by atoms with E-state index in [9.17, 15) is 4.79 Å². The number of fused-ring (bicyclic) bond motifs is 2. The van der Waals surface area contributed by atoms with Gasteiger partial charge in [0.1, 0.15) is 0 Å². The van der Waals surface area contributed by atoms with Gasteiger partial charge in [-0.1, -0.05) is 59.2 Å². The molecule has 3 aromatic rings. The molecule has 1 aromatic carbocycles. The smallest absolute Gasteiger partial charge is 0.190 e. The van der Waals surface area contributed by atoms with Gasteiger partial charge in [-0.05, 0) is 35.8 Å². The van der Waals surface area contributed by atoms with Crippen LogP contribution in [0.25, 0.3) is 16.3 Å². The minimum atomic E-state index is -0.256. The predicted octanol–water partition coefficient (Wildman–Crippen LogP) is 5.36. The van der Waals surface area contributed by atoms with Crippen LogP contribution in [-0.4, -0.2) is 4.40 Å². The quantitative estimate of drug-likeness (QED) is 0.503. The molecule has 2 aliphatic carbocycles. The van der Waals surface area contributed by atoms with Gasteiger partial charge in [0.2, 0.25) is 0 Å². The third-order valence-corrected chi connectivity index (χ3v) is 6.86. The highest BCUT2D eigenvalue weighted by molar-refractivity contribution is 6.05. The van der Waals surface area contributed by atoms with Crippen molar-refractivity contribution in [2.24, 2.45) is 0 Å². The molecule has 2 nitrogen and oxygen atoms in total. The Morgan fingerprint density at radius 1 is 0.962 bits per heavy atom. The molecule has 26 heavy (non-hydrogen) atoms. The number of rotatable bonds is 0. The summed E-state index contributed by atoms with van der Waals surface area (Å²) in [5, 5.41) is 2.53. The zero-order valence-corrected chi connectivity index (χ0v) is 16.9. The van der Waals surface area contributed by atoms with Crippen LogP contribution in [0.3, 0.4) is 0 Å². The number of hydrogen-bond acceptors (Lipinski definition) is 1. The second kappa shape index (κ2) is 4.24. The van der Waals surface area contributed by atoms with E-state index in [0.29, 0.717) is 0 Å². The van der Waals surface area contributed by atoms with E-state index < -0.39 is 0 Å². The molecule has 5 rings (SSSR count). The fraction of sp³-hybridized carbons (Fsp3) is 0.458. The van der Waals surface area contributed by atoms with Crippen molar-refractivity contribution in [2.75, 3.05) is 0 Å². The molecule has 134 valence electrons. The molecule has 0 atom stereocenters. The molecular formula is C24H27NO. The Morgan fingerprint density at radius 3 is 2.35 bits per heavy atom. The van der Waals surface area contributed by atoms with Gasteiger partial charge in [-0.25, -0.2) is 0 Å². The normalized spacial score (nSPS) is 21.0. The monoisotopic (exact) mass is 345 g/mol. The Balaban J connectivity index is 2.13. The van der Waals surface area contributed by atoms with Crippen molar-refractivity contribution in [3.8, 4) is 0 Å². The third-order valence-electron chi connectivity index (χ3n) is 6.86. The molecule has 0 spiro atoms. The van der Waals surface area contributed by atoms with Gasteiger partial charge < -0.3 is 4.40 Å². The van der Waals surface area contributed by atoms with Crippen molar-refractivity contribution >= 4 is 16.3 Å². The highest BCUT2D eigenvalue weighted by Gasteiger charge is 2.49. The number of pyridine rings is 2. The minimum absolute atomic E-state index is 0.00748. The van der Waals surface area contributed by atoms with Crippen molar-refractivity contribution in [1.29, 1.82) is 0 Å². The molecule has 0 saturated carbocycles. The van der Waals surface area contributed by atoms with Crippen molar-refractivity contribution in [2.45, 2.75) is 71.1 Å². The largest absolute Gasteiger partial charge is 0.319 e. The van der Waals surface area contributed by atoms with Gasteiger partial charge in [-0.3, -0.25) is 4.79 Å². The second-order valence-electron chi connectivity index (χ2n) is 10.3. The molecule has 0 amide bonds. The fourth-order valence-corrected chi connectivity index (χ4v) is 6.23. The van der Waals surface area contributed by atoms with E-state index in [4.69, 9.17) is 0 Å². The maximum Gasteiger partial charge on any atom is 0.190 e. The molecule has 0 radical (unpaired) electrons. The van der Waals surface area contributed by atoms with E-state index >= 15 is 0 Å². The first-order valence-corrected chi connectivity index (χ1v) is 9.64. The van der Waals surface area contributed by atoms with Gasteiger partial charge in [-0.2, -0.15) is 0 Å². The van der Waals surface area contributed by atoms with Crippen LogP contribution in [0.15, 0.2) is 29.2 Å². The lowest BCUT2D eigenvalue weighted by Gasteiger charge is -2.25. The van der Waals surface area contributed by atoms with E-state index in [1.807, 2.05) is 0 Å². The summed E-state index contributed by atoms with van der Waals surface area (Å²) >= 11 is 0. The molecule has 0 aliphatic heterocycles. The summed E-state index contributed by atoms with van der Waals surface area (Å²) in [6, 6.07) is 6.76. The van der Waals surface area contributed by atoms with Gasteiger partial charge in [0.15, 0.2) is 5.43 Å². The van der Waals surface area contributed by atoms with Crippen LogP contribution in [0.4, 0.5) is 0 Å². The average Bonchev–Trinajstić information content (AvgIpc) is 2.85. The van der Waals surface area contributed by atoms with Gasteiger partial charge >= 0.3 is 0 Å². The van der Waals surface area contributed by atoms with Crippen molar-refractivity contribution in [1.82, 2.24) is 4.40 Å². The Bertz CT molecular complexity index is 1200. The molecule has 2 aromatic heterocycles. The van der Waals surface area contributed by atoms with Crippen molar-refractivity contribution in [3.63, 3.8) is 0 Å². The maximum absolute atomic E-state index is 13.9. The molecule has 2 aliphatic rings. The van der Waals surface area contributed by atoms with Gasteiger partial charge in [0, 0.05) is 39.2 Å². The van der Waals surface area contributed by atoms with Gasteiger partial charge in [0.05, 0.1) is 5.52 Å². The van der Waals surface area contributed by atoms with E-state index in [-0.39, 0.29) is 21.7 Å². The first-order valence-electron chi connectivity index (χ1n) is 9.64. The number of benzene rings is 1. The molecular weight excluding hydrogens is 318 g/mol. The van der Waals surface area contributed by atoms with Crippen LogP contribution < -0.4 is 5.43 Å². The lowest BCUT2D eigenvalue weighted by molar-refractivity contribution is 0.397. The van der Waals surface area contributed by atoms with Crippen LogP contribution in [0.1, 0.15) is 75.9 Å². The van der Waals surface area contributed by atoms with Crippen LogP contribution in [-0.2, 0) is 16.2 Å². The second-order valence-corrected chi connectivity index (χ2v) is 10.3. The summed E-state index contributed by atoms with van der Waals surface area (Å²) in [6.07, 6.45) is 3.21. The molecule has 2 heteroatoms. The molecule has 0 N–H and O–H groups in total. The van der Waals surface area contributed by atoms with Crippen LogP contribution in [0, 0.1) is 6.92 Å². The molecule has 2 heterocycles. The van der Waals surface area contributed by atoms with E-state index in [1.165, 1.54) is 27.6 Å². The number of aromatic nitrogens is 1. The Kier molecular flexibility index (Phi) is 2.63. The van der Waals surface area contributed by atoms with Gasteiger partial charge in [0.25, 0.3) is 0 Å². The Morgan fingerprint density at radius 2 is 1.65 bits per heavy atom. The first-order chi connectivity index (χ1) is 12.0. The lowest BCUT2D eigenvalue weighted by Crippen LogP contribution is -2.32. The Hall–Kier alpha value is -2.09. The molecule has 0 bridgehead atoms. The number of nitrogens with zero attached hydrogens (tertiary/aromatic N) is 1. The SMILES string of the molecule is Cc1cc2c3c(ccn4c5c(c(=O)c(c34)C2(C)C)C(C)(C)CC5(C)C)c1. The van der Waals surface area contributed by atoms with Crippen LogP contribution in [0.2, 0.25) is 0 Å². The highest BCUT2D eigenvalue weighted by atomic mass is 16.1.